The molecule has 1 aliphatic heterocycles. The molecule has 0 bridgehead atoms. The number of nitrogens with zero attached hydrogens (tertiary/aromatic N) is 6. The quantitative estimate of drug-likeness (QED) is 0.524. The van der Waals surface area contributed by atoms with Gasteiger partial charge in [-0.2, -0.15) is 9.50 Å². The first-order chi connectivity index (χ1) is 14.9. The van der Waals surface area contributed by atoms with Crippen molar-refractivity contribution in [2.75, 3.05) is 36.0 Å². The zero-order chi connectivity index (χ0) is 19.9. The number of anilines is 2. The molecule has 2 aliphatic rings. The van der Waals surface area contributed by atoms with Crippen molar-refractivity contribution in [3.05, 3.63) is 60.0 Å². The fraction of sp³-hybridized carbons (Fsp3) is 0.348. The van der Waals surface area contributed by atoms with Crippen LogP contribution >= 0.6 is 0 Å². The average Bonchev–Trinajstić information content (AvgIpc) is 3.48. The summed E-state index contributed by atoms with van der Waals surface area (Å²) in [5.41, 5.74) is 3.82. The number of aromatic nitrogens is 4. The summed E-state index contributed by atoms with van der Waals surface area (Å²) in [5, 5.41) is 4.81. The molecule has 3 aromatic heterocycles. The molecule has 1 aliphatic carbocycles. The molecule has 0 radical (unpaired) electrons. The number of aryl methyl sites for hydroxylation is 1. The molecule has 7 nitrogen and oxygen atoms in total. The average molecular weight is 400 g/mol. The van der Waals surface area contributed by atoms with E-state index in [0.717, 1.165) is 39.0 Å². The van der Waals surface area contributed by atoms with Crippen molar-refractivity contribution < 1.29 is 4.42 Å². The highest BCUT2D eigenvalue weighted by Gasteiger charge is 2.27. The summed E-state index contributed by atoms with van der Waals surface area (Å²) in [4.78, 5) is 14.5. The number of hydrogen-bond acceptors (Lipinski definition) is 6. The lowest BCUT2D eigenvalue weighted by Crippen LogP contribution is -2.47. The van der Waals surface area contributed by atoms with E-state index in [9.17, 15) is 0 Å². The minimum absolute atomic E-state index is 0.596. The Bertz CT molecular complexity index is 1160. The van der Waals surface area contributed by atoms with E-state index in [1.807, 2.05) is 16.6 Å². The zero-order valence-electron chi connectivity index (χ0n) is 16.9. The monoisotopic (exact) mass is 400 g/mol. The number of fused-ring (bicyclic) bond motifs is 2. The largest absolute Gasteiger partial charge is 0.461 e. The third kappa shape index (κ3) is 2.93. The molecule has 30 heavy (non-hydrogen) atoms. The van der Waals surface area contributed by atoms with Gasteiger partial charge in [0.15, 0.2) is 5.76 Å². The van der Waals surface area contributed by atoms with E-state index >= 15 is 0 Å². The molecule has 1 fully saturated rings. The van der Waals surface area contributed by atoms with Gasteiger partial charge in [0.05, 0.1) is 12.0 Å². The van der Waals surface area contributed by atoms with Gasteiger partial charge in [0.25, 0.3) is 5.78 Å². The van der Waals surface area contributed by atoms with E-state index < -0.39 is 0 Å². The Kier molecular flexibility index (Phi) is 4.18. The Hall–Kier alpha value is -3.35. The first-order valence-electron chi connectivity index (χ1n) is 10.7. The maximum Gasteiger partial charge on any atom is 0.255 e. The summed E-state index contributed by atoms with van der Waals surface area (Å²) in [5.74, 6) is 3.12. The Balaban J connectivity index is 1.39. The van der Waals surface area contributed by atoms with E-state index in [1.165, 1.54) is 35.6 Å². The molecule has 1 saturated heterocycles. The summed E-state index contributed by atoms with van der Waals surface area (Å²) in [6, 6.07) is 14.4. The van der Waals surface area contributed by atoms with Crippen LogP contribution in [-0.2, 0) is 12.8 Å². The summed E-state index contributed by atoms with van der Waals surface area (Å²) >= 11 is 0. The Morgan fingerprint density at radius 1 is 0.800 bits per heavy atom. The highest BCUT2D eigenvalue weighted by Crippen LogP contribution is 2.32. The molecule has 4 heterocycles. The molecule has 0 saturated carbocycles. The van der Waals surface area contributed by atoms with Crippen LogP contribution in [0.1, 0.15) is 24.1 Å². The zero-order valence-corrected chi connectivity index (χ0v) is 16.9. The van der Waals surface area contributed by atoms with Crippen LogP contribution in [0.15, 0.2) is 53.1 Å². The van der Waals surface area contributed by atoms with Crippen molar-refractivity contribution in [2.24, 2.45) is 0 Å². The van der Waals surface area contributed by atoms with Gasteiger partial charge in [0.2, 0.25) is 5.82 Å². The maximum atomic E-state index is 5.54. The van der Waals surface area contributed by atoms with Crippen molar-refractivity contribution in [1.82, 2.24) is 19.6 Å². The topological polar surface area (TPSA) is 62.7 Å². The van der Waals surface area contributed by atoms with Gasteiger partial charge in [-0.05, 0) is 49.9 Å². The van der Waals surface area contributed by atoms with Crippen LogP contribution in [0, 0.1) is 0 Å². The first kappa shape index (κ1) is 17.5. The molecule has 0 N–H and O–H groups in total. The second-order valence-electron chi connectivity index (χ2n) is 8.00. The number of furan rings is 1. The molecular weight excluding hydrogens is 376 g/mol. The van der Waals surface area contributed by atoms with Crippen molar-refractivity contribution in [2.45, 2.75) is 25.7 Å². The molecule has 0 amide bonds. The van der Waals surface area contributed by atoms with Gasteiger partial charge in [-0.15, -0.1) is 5.10 Å². The number of para-hydroxylation sites is 1. The van der Waals surface area contributed by atoms with Gasteiger partial charge in [-0.25, -0.2) is 4.98 Å². The molecule has 1 aromatic carbocycles. The SMILES string of the molecule is c1ccc(N2CCN(c3c4c(nc5nc(-c6ccco6)nn35)CCCC4)CC2)cc1. The van der Waals surface area contributed by atoms with E-state index in [-0.39, 0.29) is 0 Å². The predicted molar refractivity (Wildman–Crippen MR) is 116 cm³/mol. The van der Waals surface area contributed by atoms with E-state index in [2.05, 4.69) is 40.1 Å². The summed E-state index contributed by atoms with van der Waals surface area (Å²) in [6.45, 7) is 3.89. The summed E-state index contributed by atoms with van der Waals surface area (Å²) in [7, 11) is 0. The Morgan fingerprint density at radius 2 is 1.60 bits per heavy atom. The molecular formula is C23H24N6O. The van der Waals surface area contributed by atoms with Crippen LogP contribution in [0.4, 0.5) is 11.5 Å². The Labute approximate surface area is 175 Å². The standard InChI is InChI=1S/C23H24N6O/c1-2-7-17(8-3-1)27-12-14-28(15-13-27)22-18-9-4-5-10-19(18)24-23-25-21(26-29(22)23)20-11-6-16-30-20/h1-3,6-8,11,16H,4-5,9-10,12-15H2. The van der Waals surface area contributed by atoms with Gasteiger partial charge in [0.1, 0.15) is 5.82 Å². The lowest BCUT2D eigenvalue weighted by molar-refractivity contribution is 0.576. The van der Waals surface area contributed by atoms with Crippen LogP contribution < -0.4 is 9.80 Å². The smallest absolute Gasteiger partial charge is 0.255 e. The van der Waals surface area contributed by atoms with Crippen LogP contribution in [0.5, 0.6) is 0 Å². The minimum Gasteiger partial charge on any atom is -0.461 e. The fourth-order valence-corrected chi connectivity index (χ4v) is 4.67. The van der Waals surface area contributed by atoms with Crippen LogP contribution in [0.2, 0.25) is 0 Å². The molecule has 152 valence electrons. The number of rotatable bonds is 3. The van der Waals surface area contributed by atoms with E-state index in [1.54, 1.807) is 6.26 Å². The number of hydrogen-bond donors (Lipinski definition) is 0. The molecule has 0 atom stereocenters. The van der Waals surface area contributed by atoms with Gasteiger partial charge in [0, 0.05) is 37.4 Å². The summed E-state index contributed by atoms with van der Waals surface area (Å²) in [6.07, 6.45) is 6.13. The fourth-order valence-electron chi connectivity index (χ4n) is 4.67. The number of benzene rings is 1. The third-order valence-corrected chi connectivity index (χ3v) is 6.18. The molecule has 6 rings (SSSR count). The Morgan fingerprint density at radius 3 is 2.40 bits per heavy atom. The van der Waals surface area contributed by atoms with Gasteiger partial charge in [-0.1, -0.05) is 18.2 Å². The molecule has 0 spiro atoms. The predicted octanol–water partition coefficient (Wildman–Crippen LogP) is 3.59. The highest BCUT2D eigenvalue weighted by molar-refractivity contribution is 5.60. The van der Waals surface area contributed by atoms with Crippen LogP contribution in [0.3, 0.4) is 0 Å². The molecule has 7 heteroatoms. The first-order valence-corrected chi connectivity index (χ1v) is 10.7. The van der Waals surface area contributed by atoms with E-state index in [0.29, 0.717) is 17.4 Å². The molecule has 0 unspecified atom stereocenters. The minimum atomic E-state index is 0.596. The van der Waals surface area contributed by atoms with Crippen molar-refractivity contribution >= 4 is 17.3 Å². The normalized spacial score (nSPS) is 16.8. The van der Waals surface area contributed by atoms with Crippen molar-refractivity contribution in [3.8, 4) is 11.6 Å². The van der Waals surface area contributed by atoms with Crippen molar-refractivity contribution in [3.63, 3.8) is 0 Å². The number of piperazine rings is 1. The maximum absolute atomic E-state index is 5.54. The second kappa shape index (κ2) is 7.16. The van der Waals surface area contributed by atoms with E-state index in [4.69, 9.17) is 19.5 Å². The molecule has 4 aromatic rings. The van der Waals surface area contributed by atoms with Crippen molar-refractivity contribution in [1.29, 1.82) is 0 Å². The van der Waals surface area contributed by atoms with Crippen LogP contribution in [-0.4, -0.2) is 45.8 Å². The lowest BCUT2D eigenvalue weighted by Gasteiger charge is -2.38. The highest BCUT2D eigenvalue weighted by atomic mass is 16.3. The lowest BCUT2D eigenvalue weighted by atomic mass is 9.96. The third-order valence-electron chi connectivity index (χ3n) is 6.18. The second-order valence-corrected chi connectivity index (χ2v) is 8.00. The van der Waals surface area contributed by atoms with Gasteiger partial charge < -0.3 is 14.2 Å². The van der Waals surface area contributed by atoms with Crippen LogP contribution in [0.25, 0.3) is 17.4 Å². The summed E-state index contributed by atoms with van der Waals surface area (Å²) < 4.78 is 7.48. The van der Waals surface area contributed by atoms with Gasteiger partial charge in [-0.3, -0.25) is 0 Å². The van der Waals surface area contributed by atoms with Gasteiger partial charge >= 0.3 is 0 Å².